The second-order valence-corrected chi connectivity index (χ2v) is 7.52. The summed E-state index contributed by atoms with van der Waals surface area (Å²) in [7, 11) is 1.90. The average Bonchev–Trinajstić information content (AvgIpc) is 3.12. The molecule has 1 fully saturated rings. The number of nitrogens with two attached hydrogens (primary N) is 1. The number of piperazine rings is 1. The first-order valence-corrected chi connectivity index (χ1v) is 9.59. The smallest absolute Gasteiger partial charge is 0.236 e. The molecular formula is C19H25N9O. The zero-order valence-electron chi connectivity index (χ0n) is 16.8. The van der Waals surface area contributed by atoms with Crippen LogP contribution in [0.15, 0.2) is 30.9 Å². The Balaban J connectivity index is 1.56. The number of carbonyl (C=O) groups excluding carboxylic acids is 1. The number of imidazole rings is 1. The summed E-state index contributed by atoms with van der Waals surface area (Å²) in [5, 5.41) is 3.24. The highest BCUT2D eigenvalue weighted by molar-refractivity contribution is 5.81. The summed E-state index contributed by atoms with van der Waals surface area (Å²) in [6, 6.07) is 3.69. The topological polar surface area (TPSA) is 118 Å². The van der Waals surface area contributed by atoms with Crippen LogP contribution in [0.4, 0.5) is 17.6 Å². The van der Waals surface area contributed by atoms with Gasteiger partial charge in [0.1, 0.15) is 23.2 Å². The van der Waals surface area contributed by atoms with Crippen LogP contribution in [0.1, 0.15) is 19.9 Å². The van der Waals surface area contributed by atoms with E-state index in [9.17, 15) is 4.79 Å². The Bertz CT molecular complexity index is 1030. The number of likely N-dealkylation sites (N-methyl/N-ethyl adjacent to an activating group) is 1. The molecule has 4 heterocycles. The summed E-state index contributed by atoms with van der Waals surface area (Å²) in [5.41, 5.74) is 7.38. The molecule has 0 saturated carbocycles. The maximum absolute atomic E-state index is 11.7. The summed E-state index contributed by atoms with van der Waals surface area (Å²) in [6.07, 6.45) is 5.27. The van der Waals surface area contributed by atoms with Gasteiger partial charge in [-0.15, -0.1) is 0 Å². The van der Waals surface area contributed by atoms with E-state index in [-0.39, 0.29) is 11.9 Å². The lowest BCUT2D eigenvalue weighted by Gasteiger charge is -2.37. The van der Waals surface area contributed by atoms with Crippen LogP contribution in [0.3, 0.4) is 0 Å². The Morgan fingerprint density at radius 2 is 2.07 bits per heavy atom. The molecule has 152 valence electrons. The van der Waals surface area contributed by atoms with Crippen LogP contribution in [0.25, 0.3) is 11.0 Å². The van der Waals surface area contributed by atoms with Gasteiger partial charge in [0.25, 0.3) is 0 Å². The highest BCUT2D eigenvalue weighted by Crippen LogP contribution is 2.22. The summed E-state index contributed by atoms with van der Waals surface area (Å²) in [6.45, 7) is 6.13. The van der Waals surface area contributed by atoms with Crippen LogP contribution < -0.4 is 16.0 Å². The molecule has 0 aromatic carbocycles. The quantitative estimate of drug-likeness (QED) is 0.661. The first-order chi connectivity index (χ1) is 13.9. The highest BCUT2D eigenvalue weighted by atomic mass is 16.1. The van der Waals surface area contributed by atoms with Crippen molar-refractivity contribution in [3.8, 4) is 0 Å². The Labute approximate surface area is 168 Å². The number of anilines is 3. The van der Waals surface area contributed by atoms with Crippen molar-refractivity contribution in [1.29, 1.82) is 0 Å². The first kappa shape index (κ1) is 19.1. The largest absolute Gasteiger partial charge is 0.368 e. The van der Waals surface area contributed by atoms with E-state index in [2.05, 4.69) is 43.7 Å². The number of primary amides is 1. The number of amides is 1. The second-order valence-electron chi connectivity index (χ2n) is 7.52. The molecule has 0 aliphatic carbocycles. The number of fused-ring (bicyclic) bond motifs is 1. The molecule has 4 rings (SSSR count). The molecule has 3 aromatic heterocycles. The summed E-state index contributed by atoms with van der Waals surface area (Å²) in [4.78, 5) is 33.4. The molecule has 1 saturated heterocycles. The molecule has 1 aliphatic heterocycles. The molecule has 1 unspecified atom stereocenters. The van der Waals surface area contributed by atoms with Gasteiger partial charge in [0.15, 0.2) is 0 Å². The number of pyridine rings is 1. The van der Waals surface area contributed by atoms with Crippen molar-refractivity contribution in [2.24, 2.45) is 5.73 Å². The summed E-state index contributed by atoms with van der Waals surface area (Å²) < 4.78 is 2.10. The lowest BCUT2D eigenvalue weighted by molar-refractivity contribution is -0.122. The molecule has 0 spiro atoms. The number of aromatic nitrogens is 5. The minimum atomic E-state index is -0.357. The molecule has 0 bridgehead atoms. The fourth-order valence-corrected chi connectivity index (χ4v) is 3.47. The average molecular weight is 395 g/mol. The third-order valence-electron chi connectivity index (χ3n) is 5.18. The van der Waals surface area contributed by atoms with Gasteiger partial charge in [-0.25, -0.2) is 15.0 Å². The summed E-state index contributed by atoms with van der Waals surface area (Å²) in [5.74, 6) is 1.53. The molecule has 3 aromatic rings. The van der Waals surface area contributed by atoms with E-state index in [0.29, 0.717) is 36.7 Å². The van der Waals surface area contributed by atoms with Crippen molar-refractivity contribution in [2.75, 3.05) is 36.9 Å². The van der Waals surface area contributed by atoms with E-state index in [1.165, 1.54) is 0 Å². The van der Waals surface area contributed by atoms with Gasteiger partial charge in [0, 0.05) is 37.9 Å². The van der Waals surface area contributed by atoms with Gasteiger partial charge in [-0.2, -0.15) is 4.98 Å². The van der Waals surface area contributed by atoms with E-state index < -0.39 is 0 Å². The highest BCUT2D eigenvalue weighted by Gasteiger charge is 2.29. The van der Waals surface area contributed by atoms with Crippen LogP contribution in [0.2, 0.25) is 0 Å². The van der Waals surface area contributed by atoms with Crippen molar-refractivity contribution >= 4 is 34.5 Å². The van der Waals surface area contributed by atoms with E-state index >= 15 is 0 Å². The van der Waals surface area contributed by atoms with Crippen LogP contribution in [0.5, 0.6) is 0 Å². The van der Waals surface area contributed by atoms with Gasteiger partial charge in [-0.3, -0.25) is 9.69 Å². The molecule has 0 radical (unpaired) electrons. The molecule has 1 atom stereocenters. The normalized spacial score (nSPS) is 17.8. The molecular weight excluding hydrogens is 370 g/mol. The minimum absolute atomic E-state index is 0.302. The Morgan fingerprint density at radius 3 is 2.83 bits per heavy atom. The van der Waals surface area contributed by atoms with Gasteiger partial charge >= 0.3 is 0 Å². The lowest BCUT2D eigenvalue weighted by Crippen LogP contribution is -2.57. The number of hydrogen-bond acceptors (Lipinski definition) is 8. The van der Waals surface area contributed by atoms with Gasteiger partial charge in [-0.05, 0) is 27.0 Å². The molecule has 10 heteroatoms. The number of nitrogens with one attached hydrogen (secondary N) is 1. The predicted molar refractivity (Wildman–Crippen MR) is 111 cm³/mol. The Kier molecular flexibility index (Phi) is 5.01. The van der Waals surface area contributed by atoms with Gasteiger partial charge in [0.05, 0.1) is 18.0 Å². The van der Waals surface area contributed by atoms with Crippen molar-refractivity contribution in [3.05, 3.63) is 30.9 Å². The monoisotopic (exact) mass is 395 g/mol. The Hall–Kier alpha value is -3.27. The summed E-state index contributed by atoms with van der Waals surface area (Å²) >= 11 is 0. The zero-order chi connectivity index (χ0) is 20.5. The number of carbonyl (C=O) groups is 1. The van der Waals surface area contributed by atoms with E-state index in [1.807, 2.05) is 29.2 Å². The molecule has 1 amide bonds. The second kappa shape index (κ2) is 7.63. The molecule has 29 heavy (non-hydrogen) atoms. The van der Waals surface area contributed by atoms with Gasteiger partial charge in [-0.1, -0.05) is 0 Å². The van der Waals surface area contributed by atoms with Crippen molar-refractivity contribution in [1.82, 2.24) is 29.4 Å². The third-order valence-corrected chi connectivity index (χ3v) is 5.18. The van der Waals surface area contributed by atoms with Crippen LogP contribution >= 0.6 is 0 Å². The maximum atomic E-state index is 11.7. The fourth-order valence-electron chi connectivity index (χ4n) is 3.47. The number of hydrogen-bond donors (Lipinski definition) is 2. The zero-order valence-corrected chi connectivity index (χ0v) is 16.8. The molecule has 1 aliphatic rings. The van der Waals surface area contributed by atoms with Crippen LogP contribution in [0, 0.1) is 0 Å². The van der Waals surface area contributed by atoms with Gasteiger partial charge < -0.3 is 20.5 Å². The van der Waals surface area contributed by atoms with Crippen molar-refractivity contribution in [2.45, 2.75) is 25.9 Å². The van der Waals surface area contributed by atoms with E-state index in [0.717, 1.165) is 17.6 Å². The first-order valence-electron chi connectivity index (χ1n) is 9.59. The van der Waals surface area contributed by atoms with E-state index in [4.69, 9.17) is 5.73 Å². The number of rotatable bonds is 5. The lowest BCUT2D eigenvalue weighted by atomic mass is 10.2. The van der Waals surface area contributed by atoms with Crippen LogP contribution in [-0.4, -0.2) is 68.0 Å². The standard InChI is InChI=1S/C19H25N9O/c1-12(2)28-11-23-13-9-22-17(8-14(13)28)24-16-4-5-21-19(25-16)27-7-6-26(3)15(10-27)18(20)29/h4-5,8-9,11-12,15H,6-7,10H2,1-3H3,(H2,20,29)(H,21,22,24,25). The predicted octanol–water partition coefficient (Wildman–Crippen LogP) is 1.15. The molecule has 10 nitrogen and oxygen atoms in total. The number of nitrogens with zero attached hydrogens (tertiary/aromatic N) is 7. The van der Waals surface area contributed by atoms with E-state index in [1.54, 1.807) is 18.5 Å². The maximum Gasteiger partial charge on any atom is 0.236 e. The minimum Gasteiger partial charge on any atom is -0.368 e. The van der Waals surface area contributed by atoms with Crippen molar-refractivity contribution < 1.29 is 4.79 Å². The van der Waals surface area contributed by atoms with Crippen molar-refractivity contribution in [3.63, 3.8) is 0 Å². The van der Waals surface area contributed by atoms with Crippen LogP contribution in [-0.2, 0) is 4.79 Å². The fraction of sp³-hybridized carbons (Fsp3) is 0.421. The molecule has 3 N–H and O–H groups in total. The SMILES string of the molecule is CC(C)n1cnc2cnc(Nc3ccnc(N4CCN(C)C(C(N)=O)C4)n3)cc21. The van der Waals surface area contributed by atoms with Gasteiger partial charge in [0.2, 0.25) is 11.9 Å². The third kappa shape index (κ3) is 3.83. The Morgan fingerprint density at radius 1 is 1.24 bits per heavy atom.